The van der Waals surface area contributed by atoms with Crippen molar-refractivity contribution in [3.8, 4) is 0 Å². The number of carboxylic acids is 1. The number of thioether (sulfide) groups is 1. The first-order valence-corrected chi connectivity index (χ1v) is 8.14. The fourth-order valence-electron chi connectivity index (χ4n) is 2.25. The molecule has 1 atom stereocenters. The van der Waals surface area contributed by atoms with Crippen LogP contribution in [0.1, 0.15) is 22.3 Å². The summed E-state index contributed by atoms with van der Waals surface area (Å²) < 4.78 is 0. The molecule has 114 valence electrons. The number of amides is 2. The van der Waals surface area contributed by atoms with Crippen LogP contribution in [-0.2, 0) is 6.42 Å². The lowest BCUT2D eigenvalue weighted by Gasteiger charge is -2.24. The van der Waals surface area contributed by atoms with Gasteiger partial charge in [0.2, 0.25) is 0 Å². The SMILES string of the molecule is CN(C(=O)NCCc1ccc(C(=O)O)cc1)C1CCSC1. The van der Waals surface area contributed by atoms with Gasteiger partial charge in [-0.2, -0.15) is 11.8 Å². The number of hydrogen-bond donors (Lipinski definition) is 2. The van der Waals surface area contributed by atoms with Crippen molar-refractivity contribution in [2.45, 2.75) is 18.9 Å². The van der Waals surface area contributed by atoms with E-state index in [9.17, 15) is 9.59 Å². The molecule has 2 N–H and O–H groups in total. The van der Waals surface area contributed by atoms with Crippen molar-refractivity contribution in [3.63, 3.8) is 0 Å². The number of nitrogens with zero attached hydrogens (tertiary/aromatic N) is 1. The van der Waals surface area contributed by atoms with Crippen LogP contribution in [0.2, 0.25) is 0 Å². The van der Waals surface area contributed by atoms with Crippen LogP contribution in [0, 0.1) is 0 Å². The third kappa shape index (κ3) is 4.39. The van der Waals surface area contributed by atoms with E-state index in [-0.39, 0.29) is 11.6 Å². The molecule has 1 saturated heterocycles. The van der Waals surface area contributed by atoms with Crippen LogP contribution in [-0.4, -0.2) is 53.1 Å². The maximum atomic E-state index is 12.0. The summed E-state index contributed by atoms with van der Waals surface area (Å²) in [6, 6.07) is 7.04. The Hall–Kier alpha value is -1.69. The van der Waals surface area contributed by atoms with Gasteiger partial charge < -0.3 is 15.3 Å². The Morgan fingerprint density at radius 3 is 2.67 bits per heavy atom. The van der Waals surface area contributed by atoms with E-state index in [1.165, 1.54) is 0 Å². The van der Waals surface area contributed by atoms with E-state index in [1.807, 2.05) is 18.8 Å². The molecule has 1 aliphatic heterocycles. The summed E-state index contributed by atoms with van der Waals surface area (Å²) in [6.07, 6.45) is 1.75. The summed E-state index contributed by atoms with van der Waals surface area (Å²) in [5, 5.41) is 11.7. The molecule has 1 heterocycles. The monoisotopic (exact) mass is 308 g/mol. The van der Waals surface area contributed by atoms with Crippen molar-refractivity contribution in [3.05, 3.63) is 35.4 Å². The average Bonchev–Trinajstić information content (AvgIpc) is 3.01. The van der Waals surface area contributed by atoms with Gasteiger partial charge in [0.25, 0.3) is 0 Å². The summed E-state index contributed by atoms with van der Waals surface area (Å²) >= 11 is 1.88. The lowest BCUT2D eigenvalue weighted by Crippen LogP contribution is -2.44. The predicted molar refractivity (Wildman–Crippen MR) is 84.0 cm³/mol. The number of carbonyl (C=O) groups is 2. The maximum absolute atomic E-state index is 12.0. The van der Waals surface area contributed by atoms with E-state index in [0.717, 1.165) is 23.5 Å². The number of nitrogens with one attached hydrogen (secondary N) is 1. The second-order valence-corrected chi connectivity index (χ2v) is 6.26. The number of hydrogen-bond acceptors (Lipinski definition) is 3. The predicted octanol–water partition coefficient (Wildman–Crippen LogP) is 2.07. The molecule has 1 fully saturated rings. The highest BCUT2D eigenvalue weighted by atomic mass is 32.2. The molecule has 5 nitrogen and oxygen atoms in total. The zero-order valence-electron chi connectivity index (χ0n) is 12.0. The van der Waals surface area contributed by atoms with Gasteiger partial charge in [-0.1, -0.05) is 12.1 Å². The van der Waals surface area contributed by atoms with Gasteiger partial charge in [0.05, 0.1) is 5.56 Å². The fourth-order valence-corrected chi connectivity index (χ4v) is 3.51. The topological polar surface area (TPSA) is 69.6 Å². The molecular formula is C15H20N2O3S. The van der Waals surface area contributed by atoms with Crippen LogP contribution in [0.15, 0.2) is 24.3 Å². The molecule has 6 heteroatoms. The van der Waals surface area contributed by atoms with Gasteiger partial charge in [0.1, 0.15) is 0 Å². The molecule has 0 radical (unpaired) electrons. The Morgan fingerprint density at radius 2 is 2.10 bits per heavy atom. The highest BCUT2D eigenvalue weighted by Crippen LogP contribution is 2.21. The number of carbonyl (C=O) groups excluding carboxylic acids is 1. The second-order valence-electron chi connectivity index (χ2n) is 5.11. The largest absolute Gasteiger partial charge is 0.478 e. The third-order valence-corrected chi connectivity index (χ3v) is 4.81. The molecule has 0 aromatic heterocycles. The molecule has 1 aromatic carbocycles. The van der Waals surface area contributed by atoms with Crippen LogP contribution >= 0.6 is 11.8 Å². The summed E-state index contributed by atoms with van der Waals surface area (Å²) in [5.74, 6) is 1.21. The highest BCUT2D eigenvalue weighted by Gasteiger charge is 2.23. The van der Waals surface area contributed by atoms with Gasteiger partial charge in [-0.05, 0) is 36.3 Å². The van der Waals surface area contributed by atoms with Gasteiger partial charge in [-0.3, -0.25) is 0 Å². The summed E-state index contributed by atoms with van der Waals surface area (Å²) in [6.45, 7) is 0.551. The maximum Gasteiger partial charge on any atom is 0.335 e. The highest BCUT2D eigenvalue weighted by molar-refractivity contribution is 7.99. The normalized spacial score (nSPS) is 17.5. The number of urea groups is 1. The number of aromatic carboxylic acids is 1. The first-order chi connectivity index (χ1) is 10.1. The van der Waals surface area contributed by atoms with Crippen molar-refractivity contribution < 1.29 is 14.7 Å². The van der Waals surface area contributed by atoms with E-state index in [1.54, 1.807) is 29.2 Å². The molecule has 2 amide bonds. The van der Waals surface area contributed by atoms with Gasteiger partial charge >= 0.3 is 12.0 Å². The zero-order chi connectivity index (χ0) is 15.2. The van der Waals surface area contributed by atoms with E-state index < -0.39 is 5.97 Å². The quantitative estimate of drug-likeness (QED) is 0.874. The minimum atomic E-state index is -0.925. The van der Waals surface area contributed by atoms with Crippen LogP contribution in [0.4, 0.5) is 4.79 Å². The Balaban J connectivity index is 1.75. The average molecular weight is 308 g/mol. The second kappa shape index (κ2) is 7.36. The van der Waals surface area contributed by atoms with Crippen molar-refractivity contribution in [1.29, 1.82) is 0 Å². The Labute approximate surface area is 128 Å². The van der Waals surface area contributed by atoms with E-state index in [0.29, 0.717) is 19.0 Å². The fraction of sp³-hybridized carbons (Fsp3) is 0.467. The molecule has 1 unspecified atom stereocenters. The summed E-state index contributed by atoms with van der Waals surface area (Å²) in [4.78, 5) is 24.5. The molecule has 0 saturated carbocycles. The van der Waals surface area contributed by atoms with Crippen LogP contribution in [0.25, 0.3) is 0 Å². The lowest BCUT2D eigenvalue weighted by atomic mass is 10.1. The van der Waals surface area contributed by atoms with Gasteiger partial charge in [0, 0.05) is 25.4 Å². The van der Waals surface area contributed by atoms with E-state index >= 15 is 0 Å². The molecule has 0 spiro atoms. The van der Waals surface area contributed by atoms with Gasteiger partial charge in [0.15, 0.2) is 0 Å². The van der Waals surface area contributed by atoms with Crippen molar-refractivity contribution in [1.82, 2.24) is 10.2 Å². The minimum absolute atomic E-state index is 0.0374. The minimum Gasteiger partial charge on any atom is -0.478 e. The van der Waals surface area contributed by atoms with Crippen LogP contribution < -0.4 is 5.32 Å². The standard InChI is InChI=1S/C15H20N2O3S/c1-17(13-7-9-21-10-13)15(20)16-8-6-11-2-4-12(5-3-11)14(18)19/h2-5,13H,6-10H2,1H3,(H,16,20)(H,18,19). The molecule has 1 aromatic rings. The summed E-state index contributed by atoms with van der Waals surface area (Å²) in [7, 11) is 1.84. The zero-order valence-corrected chi connectivity index (χ0v) is 12.9. The molecule has 1 aliphatic rings. The first-order valence-electron chi connectivity index (χ1n) is 6.98. The van der Waals surface area contributed by atoms with E-state index in [2.05, 4.69) is 5.32 Å². The molecule has 2 rings (SSSR count). The van der Waals surface area contributed by atoms with Crippen molar-refractivity contribution in [2.24, 2.45) is 0 Å². The molecule has 21 heavy (non-hydrogen) atoms. The number of carboxylic acid groups (broad SMARTS) is 1. The summed E-state index contributed by atoms with van der Waals surface area (Å²) in [5.41, 5.74) is 1.29. The first kappa shape index (κ1) is 15.7. The third-order valence-electron chi connectivity index (χ3n) is 3.66. The smallest absolute Gasteiger partial charge is 0.335 e. The molecular weight excluding hydrogens is 288 g/mol. The molecule has 0 bridgehead atoms. The molecule has 0 aliphatic carbocycles. The Bertz CT molecular complexity index is 498. The van der Waals surface area contributed by atoms with Gasteiger partial charge in [-0.25, -0.2) is 9.59 Å². The number of rotatable bonds is 5. The Kier molecular flexibility index (Phi) is 5.50. The van der Waals surface area contributed by atoms with Gasteiger partial charge in [-0.15, -0.1) is 0 Å². The van der Waals surface area contributed by atoms with Crippen molar-refractivity contribution >= 4 is 23.8 Å². The number of benzene rings is 1. The Morgan fingerprint density at radius 1 is 1.38 bits per heavy atom. The van der Waals surface area contributed by atoms with Crippen LogP contribution in [0.3, 0.4) is 0 Å². The van der Waals surface area contributed by atoms with Crippen molar-refractivity contribution in [2.75, 3.05) is 25.1 Å². The van der Waals surface area contributed by atoms with E-state index in [4.69, 9.17) is 5.11 Å². The lowest BCUT2D eigenvalue weighted by molar-refractivity contribution is 0.0697. The van der Waals surface area contributed by atoms with Crippen LogP contribution in [0.5, 0.6) is 0 Å².